The van der Waals surface area contributed by atoms with E-state index in [4.69, 9.17) is 19.8 Å². The summed E-state index contributed by atoms with van der Waals surface area (Å²) in [4.78, 5) is 0. The lowest BCUT2D eigenvalue weighted by molar-refractivity contribution is 0.00578. The molecule has 1 aromatic rings. The maximum Gasteiger partial charge on any atom is 0.475 e. The van der Waals surface area contributed by atoms with Crippen molar-refractivity contribution >= 4 is 7.12 Å². The van der Waals surface area contributed by atoms with Gasteiger partial charge in [-0.3, -0.25) is 0 Å². The molecular formula is C17H28BNO3. The lowest BCUT2D eigenvalue weighted by Gasteiger charge is -2.32. The lowest BCUT2D eigenvalue weighted by Crippen LogP contribution is -2.41. The maximum atomic E-state index is 6.27. The van der Waals surface area contributed by atoms with Crippen LogP contribution in [0.5, 0.6) is 5.75 Å². The molecule has 4 nitrogen and oxygen atoms in total. The molecule has 1 atom stereocenters. The fraction of sp³-hybridized carbons (Fsp3) is 0.647. The molecule has 5 heteroatoms. The van der Waals surface area contributed by atoms with Crippen molar-refractivity contribution in [2.45, 2.75) is 64.1 Å². The topological polar surface area (TPSA) is 53.7 Å². The predicted molar refractivity (Wildman–Crippen MR) is 90.0 cm³/mol. The minimum Gasteiger partial charge on any atom is -0.497 e. The molecule has 2 rings (SSSR count). The van der Waals surface area contributed by atoms with E-state index >= 15 is 0 Å². The van der Waals surface area contributed by atoms with Crippen LogP contribution in [0.3, 0.4) is 0 Å². The highest BCUT2D eigenvalue weighted by Crippen LogP contribution is 2.37. The van der Waals surface area contributed by atoms with Crippen LogP contribution in [0.25, 0.3) is 0 Å². The van der Waals surface area contributed by atoms with Crippen LogP contribution in [0, 0.1) is 0 Å². The van der Waals surface area contributed by atoms with Crippen LogP contribution in [0.4, 0.5) is 0 Å². The van der Waals surface area contributed by atoms with Crippen molar-refractivity contribution in [1.82, 2.24) is 0 Å². The van der Waals surface area contributed by atoms with Gasteiger partial charge in [-0.2, -0.15) is 0 Å². The Kier molecular flexibility index (Phi) is 5.20. The van der Waals surface area contributed by atoms with Crippen LogP contribution in [-0.4, -0.2) is 31.4 Å². The van der Waals surface area contributed by atoms with Crippen molar-refractivity contribution in [3.05, 3.63) is 29.8 Å². The van der Waals surface area contributed by atoms with Gasteiger partial charge in [-0.15, -0.1) is 0 Å². The number of nitrogens with two attached hydrogens (primary N) is 1. The minimum absolute atomic E-state index is 0.105. The molecule has 0 radical (unpaired) electrons. The molecule has 0 saturated carbocycles. The Morgan fingerprint density at radius 2 is 1.82 bits per heavy atom. The van der Waals surface area contributed by atoms with Gasteiger partial charge in [0.05, 0.1) is 18.3 Å². The van der Waals surface area contributed by atoms with Crippen molar-refractivity contribution in [2.24, 2.45) is 5.73 Å². The fourth-order valence-corrected chi connectivity index (χ4v) is 2.57. The normalized spacial score (nSPS) is 20.9. The van der Waals surface area contributed by atoms with Crippen molar-refractivity contribution < 1.29 is 14.0 Å². The smallest absolute Gasteiger partial charge is 0.475 e. The molecule has 0 amide bonds. The predicted octanol–water partition coefficient (Wildman–Crippen LogP) is 2.98. The second kappa shape index (κ2) is 6.61. The van der Waals surface area contributed by atoms with Crippen molar-refractivity contribution in [3.63, 3.8) is 0 Å². The summed E-state index contributed by atoms with van der Waals surface area (Å²) in [5.74, 6) is 0.791. The van der Waals surface area contributed by atoms with Gasteiger partial charge in [0.1, 0.15) is 5.75 Å². The third-order valence-electron chi connectivity index (χ3n) is 4.76. The zero-order chi connectivity index (χ0) is 16.4. The molecule has 0 aromatic heterocycles. The third-order valence-corrected chi connectivity index (χ3v) is 4.76. The molecule has 1 heterocycles. The Morgan fingerprint density at radius 3 is 2.41 bits per heavy atom. The van der Waals surface area contributed by atoms with E-state index in [9.17, 15) is 0 Å². The zero-order valence-electron chi connectivity index (χ0n) is 14.4. The van der Waals surface area contributed by atoms with Crippen LogP contribution in [0.1, 0.15) is 46.1 Å². The summed E-state index contributed by atoms with van der Waals surface area (Å²) in [5, 5.41) is 0. The molecule has 1 aliphatic rings. The Labute approximate surface area is 134 Å². The largest absolute Gasteiger partial charge is 0.497 e. The molecule has 1 aromatic carbocycles. The van der Waals surface area contributed by atoms with E-state index in [1.165, 1.54) is 5.56 Å². The molecule has 122 valence electrons. The van der Waals surface area contributed by atoms with Gasteiger partial charge >= 0.3 is 7.12 Å². The van der Waals surface area contributed by atoms with Crippen LogP contribution in [0.15, 0.2) is 24.3 Å². The molecule has 0 aliphatic carbocycles. The van der Waals surface area contributed by atoms with E-state index < -0.39 is 0 Å². The second-order valence-corrected chi connectivity index (χ2v) is 7.03. The number of benzene rings is 1. The van der Waals surface area contributed by atoms with Crippen molar-refractivity contribution in [1.29, 1.82) is 0 Å². The first kappa shape index (κ1) is 17.3. The summed E-state index contributed by atoms with van der Waals surface area (Å²) in [7, 11) is 1.36. The number of hydrogen-bond acceptors (Lipinski definition) is 4. The quantitative estimate of drug-likeness (QED) is 0.821. The Balaban J connectivity index is 1.82. The first-order valence-corrected chi connectivity index (χ1v) is 7.99. The van der Waals surface area contributed by atoms with Crippen molar-refractivity contribution in [3.8, 4) is 5.75 Å². The van der Waals surface area contributed by atoms with E-state index in [0.29, 0.717) is 0 Å². The number of aryl methyl sites for hydroxylation is 1. The van der Waals surface area contributed by atoms with E-state index in [2.05, 4.69) is 39.8 Å². The summed E-state index contributed by atoms with van der Waals surface area (Å²) in [5.41, 5.74) is 6.90. The van der Waals surface area contributed by atoms with Gasteiger partial charge in [0.2, 0.25) is 0 Å². The fourth-order valence-electron chi connectivity index (χ4n) is 2.57. The van der Waals surface area contributed by atoms with Crippen LogP contribution in [-0.2, 0) is 15.7 Å². The Hall–Kier alpha value is -1.04. The third kappa shape index (κ3) is 3.83. The summed E-state index contributed by atoms with van der Waals surface area (Å²) < 4.78 is 17.2. The summed E-state index contributed by atoms with van der Waals surface area (Å²) in [6.45, 7) is 8.21. The highest BCUT2D eigenvalue weighted by molar-refractivity contribution is 6.47. The summed E-state index contributed by atoms with van der Waals surface area (Å²) in [6.07, 6.45) is 2.84. The summed E-state index contributed by atoms with van der Waals surface area (Å²) in [6, 6.07) is 8.16. The average molecular weight is 305 g/mol. The number of ether oxygens (including phenoxy) is 1. The first-order chi connectivity index (χ1) is 10.2. The minimum atomic E-state index is -0.324. The molecule has 22 heavy (non-hydrogen) atoms. The highest BCUT2D eigenvalue weighted by atomic mass is 16.7. The average Bonchev–Trinajstić information content (AvgIpc) is 2.68. The van der Waals surface area contributed by atoms with E-state index in [-0.39, 0.29) is 24.3 Å². The molecular weight excluding hydrogens is 277 g/mol. The second-order valence-electron chi connectivity index (χ2n) is 7.03. The van der Waals surface area contributed by atoms with Gasteiger partial charge in [0, 0.05) is 5.94 Å². The molecule has 1 saturated heterocycles. The molecule has 1 unspecified atom stereocenters. The summed E-state index contributed by atoms with van der Waals surface area (Å²) >= 11 is 0. The monoisotopic (exact) mass is 305 g/mol. The van der Waals surface area contributed by atoms with Gasteiger partial charge < -0.3 is 19.8 Å². The molecule has 1 aliphatic heterocycles. The molecule has 0 spiro atoms. The van der Waals surface area contributed by atoms with Crippen LogP contribution < -0.4 is 10.5 Å². The number of hydrogen-bond donors (Lipinski definition) is 1. The Morgan fingerprint density at radius 1 is 1.18 bits per heavy atom. The van der Waals surface area contributed by atoms with E-state index in [0.717, 1.165) is 25.0 Å². The first-order valence-electron chi connectivity index (χ1n) is 7.99. The van der Waals surface area contributed by atoms with E-state index in [1.54, 1.807) is 7.11 Å². The van der Waals surface area contributed by atoms with Crippen LogP contribution >= 0.6 is 0 Å². The van der Waals surface area contributed by atoms with Crippen LogP contribution in [0.2, 0.25) is 0 Å². The zero-order valence-corrected chi connectivity index (χ0v) is 14.4. The standard InChI is InChI=1S/C17H28BNO3/c1-16(2)17(3,4)22-18(21-16)15(19)11-7-9-13-8-6-10-14(12-13)20-5/h6,8,10,12,15H,7,9,11,19H2,1-5H3. The van der Waals surface area contributed by atoms with Gasteiger partial charge in [0.15, 0.2) is 0 Å². The highest BCUT2D eigenvalue weighted by Gasteiger charge is 2.52. The number of methoxy groups -OCH3 is 1. The number of rotatable bonds is 6. The van der Waals surface area contributed by atoms with Crippen molar-refractivity contribution in [2.75, 3.05) is 7.11 Å². The Bertz CT molecular complexity index is 488. The molecule has 0 bridgehead atoms. The SMILES string of the molecule is COc1cccc(CCCC(N)B2OC(C)(C)C(C)(C)O2)c1. The maximum absolute atomic E-state index is 6.27. The van der Waals surface area contributed by atoms with E-state index in [1.807, 2.05) is 12.1 Å². The van der Waals surface area contributed by atoms with Gasteiger partial charge in [-0.25, -0.2) is 0 Å². The molecule has 1 fully saturated rings. The lowest BCUT2D eigenvalue weighted by atomic mass is 9.76. The van der Waals surface area contributed by atoms with Gasteiger partial charge in [0.25, 0.3) is 0 Å². The van der Waals surface area contributed by atoms with Gasteiger partial charge in [-0.1, -0.05) is 12.1 Å². The van der Waals surface area contributed by atoms with Gasteiger partial charge in [-0.05, 0) is 64.7 Å². The molecule has 2 N–H and O–H groups in total.